The fourth-order valence-electron chi connectivity index (χ4n) is 1.32. The first-order valence-electron chi connectivity index (χ1n) is 5.04. The SMILES string of the molecule is CC(CC(F)(F)F)Nc1nc(NN)ncc1[N+](=O)[O-]. The van der Waals surface area contributed by atoms with E-state index < -0.39 is 29.2 Å². The molecule has 4 N–H and O–H groups in total. The molecule has 0 saturated carbocycles. The molecular weight excluding hydrogens is 269 g/mol. The van der Waals surface area contributed by atoms with Crippen LogP contribution < -0.4 is 16.6 Å². The Morgan fingerprint density at radius 2 is 2.21 bits per heavy atom. The van der Waals surface area contributed by atoms with E-state index in [1.54, 1.807) is 0 Å². The summed E-state index contributed by atoms with van der Waals surface area (Å²) in [5, 5.41) is 13.0. The van der Waals surface area contributed by atoms with E-state index in [1.807, 2.05) is 5.43 Å². The normalized spacial score (nSPS) is 12.9. The van der Waals surface area contributed by atoms with Gasteiger partial charge in [0.15, 0.2) is 0 Å². The van der Waals surface area contributed by atoms with Crippen LogP contribution in [0, 0.1) is 10.1 Å². The third-order valence-electron chi connectivity index (χ3n) is 2.02. The lowest BCUT2D eigenvalue weighted by atomic mass is 10.2. The molecule has 1 heterocycles. The van der Waals surface area contributed by atoms with Gasteiger partial charge in [-0.05, 0) is 6.92 Å². The van der Waals surface area contributed by atoms with Gasteiger partial charge in [-0.1, -0.05) is 0 Å². The lowest BCUT2D eigenvalue weighted by Crippen LogP contribution is -2.25. The molecule has 0 aliphatic heterocycles. The first-order chi connectivity index (χ1) is 8.73. The predicted molar refractivity (Wildman–Crippen MR) is 60.3 cm³/mol. The van der Waals surface area contributed by atoms with Crippen LogP contribution in [0.25, 0.3) is 0 Å². The molecule has 0 aliphatic carbocycles. The van der Waals surface area contributed by atoms with Crippen LogP contribution in [0.2, 0.25) is 0 Å². The average molecular weight is 280 g/mol. The van der Waals surface area contributed by atoms with E-state index in [4.69, 9.17) is 5.84 Å². The molecule has 1 rings (SSSR count). The molecule has 8 nitrogen and oxygen atoms in total. The van der Waals surface area contributed by atoms with Crippen molar-refractivity contribution in [1.29, 1.82) is 0 Å². The highest BCUT2D eigenvalue weighted by Crippen LogP contribution is 2.26. The maximum atomic E-state index is 12.2. The molecule has 0 radical (unpaired) electrons. The van der Waals surface area contributed by atoms with Crippen molar-refractivity contribution in [2.24, 2.45) is 5.84 Å². The summed E-state index contributed by atoms with van der Waals surface area (Å²) in [6, 6.07) is -1.08. The van der Waals surface area contributed by atoms with Crippen molar-refractivity contribution >= 4 is 17.5 Å². The molecule has 106 valence electrons. The number of halogens is 3. The average Bonchev–Trinajstić information content (AvgIpc) is 2.25. The molecule has 0 fully saturated rings. The first kappa shape index (κ1) is 14.9. The third-order valence-corrected chi connectivity index (χ3v) is 2.02. The lowest BCUT2D eigenvalue weighted by Gasteiger charge is -2.16. The summed E-state index contributed by atoms with van der Waals surface area (Å²) in [6.07, 6.45) is -4.69. The van der Waals surface area contributed by atoms with Gasteiger partial charge >= 0.3 is 11.9 Å². The van der Waals surface area contributed by atoms with Gasteiger partial charge in [0.1, 0.15) is 6.20 Å². The molecule has 1 aromatic heterocycles. The molecule has 0 aliphatic rings. The number of nitrogen functional groups attached to an aromatic ring is 1. The molecule has 0 amide bonds. The van der Waals surface area contributed by atoms with Crippen LogP contribution in [-0.4, -0.2) is 27.1 Å². The summed E-state index contributed by atoms with van der Waals surface area (Å²) in [5.41, 5.74) is 1.51. The second kappa shape index (κ2) is 5.65. The molecule has 0 aromatic carbocycles. The number of rotatable bonds is 5. The van der Waals surface area contributed by atoms with Gasteiger partial charge in [0.2, 0.25) is 11.8 Å². The second-order valence-electron chi connectivity index (χ2n) is 3.69. The van der Waals surface area contributed by atoms with E-state index in [2.05, 4.69) is 15.3 Å². The Bertz CT molecular complexity index is 466. The molecule has 0 bridgehead atoms. The minimum absolute atomic E-state index is 0.146. The molecule has 1 aromatic rings. The minimum Gasteiger partial charge on any atom is -0.361 e. The van der Waals surface area contributed by atoms with E-state index in [-0.39, 0.29) is 11.8 Å². The highest BCUT2D eigenvalue weighted by Gasteiger charge is 2.31. The fourth-order valence-corrected chi connectivity index (χ4v) is 1.32. The van der Waals surface area contributed by atoms with Crippen molar-refractivity contribution in [2.45, 2.75) is 25.6 Å². The predicted octanol–water partition coefficient (Wildman–Crippen LogP) is 1.42. The Labute approximate surface area is 105 Å². The number of hydrogen-bond donors (Lipinski definition) is 3. The zero-order valence-corrected chi connectivity index (χ0v) is 9.73. The molecule has 11 heteroatoms. The van der Waals surface area contributed by atoms with Crippen molar-refractivity contribution in [3.05, 3.63) is 16.3 Å². The molecule has 0 spiro atoms. The number of hydrogen-bond acceptors (Lipinski definition) is 7. The van der Waals surface area contributed by atoms with E-state index in [9.17, 15) is 23.3 Å². The molecule has 0 saturated heterocycles. The van der Waals surface area contributed by atoms with Gasteiger partial charge in [-0.25, -0.2) is 10.8 Å². The Kier molecular flexibility index (Phi) is 4.43. The first-order valence-corrected chi connectivity index (χ1v) is 5.04. The summed E-state index contributed by atoms with van der Waals surface area (Å²) in [7, 11) is 0. The van der Waals surface area contributed by atoms with Gasteiger partial charge in [-0.3, -0.25) is 15.5 Å². The zero-order chi connectivity index (χ0) is 14.6. The molecule has 19 heavy (non-hydrogen) atoms. The van der Waals surface area contributed by atoms with Gasteiger partial charge in [-0.2, -0.15) is 18.2 Å². The number of hydrazine groups is 1. The maximum absolute atomic E-state index is 12.2. The second-order valence-corrected chi connectivity index (χ2v) is 3.69. The quantitative estimate of drug-likeness (QED) is 0.424. The van der Waals surface area contributed by atoms with Gasteiger partial charge in [-0.15, -0.1) is 0 Å². The van der Waals surface area contributed by atoms with Crippen molar-refractivity contribution in [3.8, 4) is 0 Å². The Morgan fingerprint density at radius 1 is 1.58 bits per heavy atom. The van der Waals surface area contributed by atoms with Crippen LogP contribution in [-0.2, 0) is 0 Å². The smallest absolute Gasteiger partial charge is 0.361 e. The number of nitrogens with one attached hydrogen (secondary N) is 2. The van der Waals surface area contributed by atoms with E-state index in [0.29, 0.717) is 0 Å². The van der Waals surface area contributed by atoms with Gasteiger partial charge in [0, 0.05) is 6.04 Å². The monoisotopic (exact) mass is 280 g/mol. The highest BCUT2D eigenvalue weighted by atomic mass is 19.4. The number of aromatic nitrogens is 2. The summed E-state index contributed by atoms with van der Waals surface area (Å²) in [4.78, 5) is 17.0. The number of nitrogens with zero attached hydrogens (tertiary/aromatic N) is 3. The van der Waals surface area contributed by atoms with E-state index in [1.165, 1.54) is 6.92 Å². The summed E-state index contributed by atoms with van der Waals surface area (Å²) in [6.45, 7) is 1.23. The number of anilines is 2. The molecule has 1 unspecified atom stereocenters. The van der Waals surface area contributed by atoms with Gasteiger partial charge in [0.25, 0.3) is 0 Å². The third kappa shape index (κ3) is 4.54. The zero-order valence-electron chi connectivity index (χ0n) is 9.73. The summed E-state index contributed by atoms with van der Waals surface area (Å²) < 4.78 is 36.5. The van der Waals surface area contributed by atoms with Gasteiger partial charge < -0.3 is 5.32 Å². The fraction of sp³-hybridized carbons (Fsp3) is 0.500. The standard InChI is InChI=1S/C8H11F3N6O2/c1-4(2-8(9,10)11)14-6-5(17(18)19)3-13-7(15-6)16-12/h3-4H,2,12H2,1H3,(H2,13,14,15,16). The van der Waals surface area contributed by atoms with Crippen molar-refractivity contribution in [1.82, 2.24) is 9.97 Å². The van der Waals surface area contributed by atoms with Crippen LogP contribution in [0.15, 0.2) is 6.20 Å². The summed E-state index contributed by atoms with van der Waals surface area (Å²) >= 11 is 0. The number of alkyl halides is 3. The molecular formula is C8H11F3N6O2. The lowest BCUT2D eigenvalue weighted by molar-refractivity contribution is -0.384. The van der Waals surface area contributed by atoms with Crippen LogP contribution in [0.5, 0.6) is 0 Å². The van der Waals surface area contributed by atoms with E-state index >= 15 is 0 Å². The summed E-state index contributed by atoms with van der Waals surface area (Å²) in [5.74, 6) is 4.55. The van der Waals surface area contributed by atoms with Crippen molar-refractivity contribution < 1.29 is 18.1 Å². The van der Waals surface area contributed by atoms with Crippen LogP contribution in [0.4, 0.5) is 30.6 Å². The highest BCUT2D eigenvalue weighted by molar-refractivity contribution is 5.57. The van der Waals surface area contributed by atoms with Crippen molar-refractivity contribution in [2.75, 3.05) is 10.7 Å². The van der Waals surface area contributed by atoms with Gasteiger partial charge in [0.05, 0.1) is 11.3 Å². The maximum Gasteiger partial charge on any atom is 0.391 e. The minimum atomic E-state index is -4.39. The molecule has 1 atom stereocenters. The van der Waals surface area contributed by atoms with Crippen LogP contribution in [0.1, 0.15) is 13.3 Å². The van der Waals surface area contributed by atoms with E-state index in [0.717, 1.165) is 6.20 Å². The Morgan fingerprint density at radius 3 is 2.68 bits per heavy atom. The van der Waals surface area contributed by atoms with Crippen LogP contribution in [0.3, 0.4) is 0 Å². The topological polar surface area (TPSA) is 119 Å². The Balaban J connectivity index is 2.94. The van der Waals surface area contributed by atoms with Crippen LogP contribution >= 0.6 is 0 Å². The largest absolute Gasteiger partial charge is 0.391 e. The number of nitro groups is 1. The van der Waals surface area contributed by atoms with Crippen molar-refractivity contribution in [3.63, 3.8) is 0 Å². The number of nitrogens with two attached hydrogens (primary N) is 1. The Hall–Kier alpha value is -2.17.